The van der Waals surface area contributed by atoms with Gasteiger partial charge < -0.3 is 24.8 Å². The van der Waals surface area contributed by atoms with Crippen LogP contribution in [0.1, 0.15) is 62.9 Å². The molecule has 0 saturated heterocycles. The maximum absolute atomic E-state index is 13.4. The Hall–Kier alpha value is -4.28. The Morgan fingerprint density at radius 3 is 2.47 bits per heavy atom. The number of nitrogens with one attached hydrogen (secondary N) is 2. The standard InChI is InChI=1S/C35H36N2O6S2/c1-5-43-35(40)31-27-16-14-23(22-10-7-6-8-11-22)19-30(27)45-34(31)37-32(38)21(2)44-26-13-9-12-25(20-26)36-33(39)24-15-17-28(41-3)29(18-24)42-4/h6-13,15,17-18,20-21,23H,5,14,16,19H2,1-4H3,(H,36,39)(H,37,38). The van der Waals surface area contributed by atoms with Crippen molar-refractivity contribution in [1.82, 2.24) is 0 Å². The van der Waals surface area contributed by atoms with Crippen LogP contribution < -0.4 is 20.1 Å². The molecule has 45 heavy (non-hydrogen) atoms. The van der Waals surface area contributed by atoms with E-state index in [-0.39, 0.29) is 18.4 Å². The predicted molar refractivity (Wildman–Crippen MR) is 179 cm³/mol. The predicted octanol–water partition coefficient (Wildman–Crippen LogP) is 7.59. The zero-order chi connectivity index (χ0) is 31.9. The molecular weight excluding hydrogens is 609 g/mol. The zero-order valence-corrected chi connectivity index (χ0v) is 27.3. The molecule has 0 bridgehead atoms. The summed E-state index contributed by atoms with van der Waals surface area (Å²) < 4.78 is 16.0. The van der Waals surface area contributed by atoms with Crippen LogP contribution in [-0.2, 0) is 22.4 Å². The fraction of sp³-hybridized carbons (Fsp3) is 0.286. The van der Waals surface area contributed by atoms with E-state index in [1.54, 1.807) is 31.2 Å². The van der Waals surface area contributed by atoms with Crippen LogP contribution in [0.15, 0.2) is 77.7 Å². The summed E-state index contributed by atoms with van der Waals surface area (Å²) in [5, 5.41) is 6.01. The second kappa shape index (κ2) is 14.7. The van der Waals surface area contributed by atoms with Gasteiger partial charge in [0.15, 0.2) is 11.5 Å². The number of rotatable bonds is 11. The van der Waals surface area contributed by atoms with Gasteiger partial charge in [-0.1, -0.05) is 36.4 Å². The van der Waals surface area contributed by atoms with Crippen molar-refractivity contribution in [3.05, 3.63) is 99.9 Å². The summed E-state index contributed by atoms with van der Waals surface area (Å²) in [5.74, 6) is 0.443. The topological polar surface area (TPSA) is 103 Å². The summed E-state index contributed by atoms with van der Waals surface area (Å²) in [7, 11) is 3.06. The van der Waals surface area contributed by atoms with Gasteiger partial charge in [0.05, 0.1) is 31.6 Å². The van der Waals surface area contributed by atoms with Gasteiger partial charge in [0.25, 0.3) is 5.91 Å². The van der Waals surface area contributed by atoms with Crippen molar-refractivity contribution in [2.45, 2.75) is 49.2 Å². The Kier molecular flexibility index (Phi) is 10.5. The lowest BCUT2D eigenvalue weighted by Crippen LogP contribution is -2.23. The number of hydrogen-bond acceptors (Lipinski definition) is 8. The van der Waals surface area contributed by atoms with Gasteiger partial charge in [-0.2, -0.15) is 0 Å². The molecule has 2 unspecified atom stereocenters. The number of carbonyl (C=O) groups is 3. The van der Waals surface area contributed by atoms with Gasteiger partial charge in [-0.15, -0.1) is 23.1 Å². The van der Waals surface area contributed by atoms with Crippen molar-refractivity contribution in [3.8, 4) is 11.5 Å². The first-order valence-electron chi connectivity index (χ1n) is 14.8. The highest BCUT2D eigenvalue weighted by Crippen LogP contribution is 2.43. The molecule has 1 heterocycles. The number of ether oxygens (including phenoxy) is 3. The highest BCUT2D eigenvalue weighted by atomic mass is 32.2. The molecule has 0 spiro atoms. The largest absolute Gasteiger partial charge is 0.493 e. The fourth-order valence-electron chi connectivity index (χ4n) is 5.40. The second-order valence-electron chi connectivity index (χ2n) is 10.6. The van der Waals surface area contributed by atoms with Crippen LogP contribution >= 0.6 is 23.1 Å². The zero-order valence-electron chi connectivity index (χ0n) is 25.7. The number of esters is 1. The summed E-state index contributed by atoms with van der Waals surface area (Å²) in [6.45, 7) is 3.86. The SMILES string of the molecule is CCOC(=O)c1c(NC(=O)C(C)Sc2cccc(NC(=O)c3ccc(OC)c(OC)c3)c2)sc2c1CCC(c1ccccc1)C2. The van der Waals surface area contributed by atoms with Crippen LogP contribution in [0.5, 0.6) is 11.5 Å². The lowest BCUT2D eigenvalue weighted by Gasteiger charge is -2.23. The third-order valence-electron chi connectivity index (χ3n) is 7.67. The molecule has 0 radical (unpaired) electrons. The van der Waals surface area contributed by atoms with Crippen molar-refractivity contribution in [1.29, 1.82) is 0 Å². The number of thiophene rings is 1. The summed E-state index contributed by atoms with van der Waals surface area (Å²) in [5.41, 5.74) is 3.76. The summed E-state index contributed by atoms with van der Waals surface area (Å²) in [6.07, 6.45) is 2.50. The van der Waals surface area contributed by atoms with E-state index in [2.05, 4.69) is 34.9 Å². The highest BCUT2D eigenvalue weighted by Gasteiger charge is 2.31. The van der Waals surface area contributed by atoms with Gasteiger partial charge in [0.2, 0.25) is 5.91 Å². The van der Waals surface area contributed by atoms with E-state index in [0.717, 1.165) is 34.6 Å². The van der Waals surface area contributed by atoms with Crippen molar-refractivity contribution in [2.75, 3.05) is 31.5 Å². The van der Waals surface area contributed by atoms with E-state index >= 15 is 0 Å². The number of fused-ring (bicyclic) bond motifs is 1. The molecule has 1 aliphatic carbocycles. The molecule has 8 nitrogen and oxygen atoms in total. The smallest absolute Gasteiger partial charge is 0.341 e. The second-order valence-corrected chi connectivity index (χ2v) is 13.1. The number of benzene rings is 3. The van der Waals surface area contributed by atoms with E-state index in [9.17, 15) is 14.4 Å². The lowest BCUT2D eigenvalue weighted by molar-refractivity contribution is -0.115. The third kappa shape index (κ3) is 7.51. The first-order valence-corrected chi connectivity index (χ1v) is 16.5. The summed E-state index contributed by atoms with van der Waals surface area (Å²) in [4.78, 5) is 41.4. The molecule has 10 heteroatoms. The molecule has 2 atom stereocenters. The number of amides is 2. The Morgan fingerprint density at radius 1 is 0.956 bits per heavy atom. The monoisotopic (exact) mass is 644 g/mol. The number of methoxy groups -OCH3 is 2. The molecule has 0 fully saturated rings. The normalized spacial score (nSPS) is 14.5. The molecule has 0 aliphatic heterocycles. The molecule has 3 aromatic carbocycles. The minimum Gasteiger partial charge on any atom is -0.493 e. The molecule has 2 N–H and O–H groups in total. The maximum Gasteiger partial charge on any atom is 0.341 e. The van der Waals surface area contributed by atoms with Crippen molar-refractivity contribution in [2.24, 2.45) is 0 Å². The Labute approximate surface area is 271 Å². The van der Waals surface area contributed by atoms with Crippen LogP contribution in [0, 0.1) is 0 Å². The third-order valence-corrected chi connectivity index (χ3v) is 9.94. The van der Waals surface area contributed by atoms with Gasteiger partial charge in [-0.25, -0.2) is 4.79 Å². The van der Waals surface area contributed by atoms with Gasteiger partial charge in [0.1, 0.15) is 5.00 Å². The Morgan fingerprint density at radius 2 is 1.73 bits per heavy atom. The van der Waals surface area contributed by atoms with Gasteiger partial charge >= 0.3 is 5.97 Å². The molecule has 1 aromatic heterocycles. The minimum absolute atomic E-state index is 0.219. The van der Waals surface area contributed by atoms with E-state index in [4.69, 9.17) is 14.2 Å². The van der Waals surface area contributed by atoms with Gasteiger partial charge in [-0.3, -0.25) is 9.59 Å². The van der Waals surface area contributed by atoms with Crippen LogP contribution in [0.3, 0.4) is 0 Å². The molecule has 1 aliphatic rings. The quantitative estimate of drug-likeness (QED) is 0.128. The van der Waals surface area contributed by atoms with Crippen molar-refractivity contribution < 1.29 is 28.6 Å². The average Bonchev–Trinajstić information content (AvgIpc) is 3.42. The number of thioether (sulfide) groups is 1. The number of hydrogen-bond donors (Lipinski definition) is 2. The first-order chi connectivity index (χ1) is 21.8. The molecule has 5 rings (SSSR count). The Bertz CT molecular complexity index is 1690. The summed E-state index contributed by atoms with van der Waals surface area (Å²) in [6, 6.07) is 22.7. The van der Waals surface area contributed by atoms with E-state index in [1.807, 2.05) is 31.2 Å². The van der Waals surface area contributed by atoms with Crippen LogP contribution in [0.25, 0.3) is 0 Å². The molecule has 234 valence electrons. The van der Waals surface area contributed by atoms with Crippen molar-refractivity contribution >= 4 is 51.6 Å². The molecular formula is C35H36N2O6S2. The van der Waals surface area contributed by atoms with Crippen LogP contribution in [0.2, 0.25) is 0 Å². The lowest BCUT2D eigenvalue weighted by atomic mass is 9.83. The van der Waals surface area contributed by atoms with E-state index in [0.29, 0.717) is 39.2 Å². The van der Waals surface area contributed by atoms with Crippen LogP contribution in [0.4, 0.5) is 10.7 Å². The number of carbonyl (C=O) groups excluding carboxylic acids is 3. The summed E-state index contributed by atoms with van der Waals surface area (Å²) >= 11 is 2.84. The van der Waals surface area contributed by atoms with E-state index in [1.165, 1.54) is 42.9 Å². The molecule has 2 amide bonds. The minimum atomic E-state index is -0.479. The van der Waals surface area contributed by atoms with E-state index < -0.39 is 11.2 Å². The first kappa shape index (κ1) is 32.1. The fourth-order valence-corrected chi connectivity index (χ4v) is 7.65. The van der Waals surface area contributed by atoms with Crippen molar-refractivity contribution in [3.63, 3.8) is 0 Å². The Balaban J connectivity index is 1.28. The maximum atomic E-state index is 13.4. The molecule has 4 aromatic rings. The van der Waals surface area contributed by atoms with Gasteiger partial charge in [-0.05, 0) is 86.6 Å². The van der Waals surface area contributed by atoms with Gasteiger partial charge in [0, 0.05) is 21.0 Å². The highest BCUT2D eigenvalue weighted by molar-refractivity contribution is 8.00. The van der Waals surface area contributed by atoms with Crippen LogP contribution in [-0.4, -0.2) is 43.9 Å². The average molecular weight is 645 g/mol. The molecule has 0 saturated carbocycles. The number of anilines is 2.